The highest BCUT2D eigenvalue weighted by Crippen LogP contribution is 2.30. The molecule has 0 aliphatic heterocycles. The van der Waals surface area contributed by atoms with Crippen LogP contribution in [0.15, 0.2) is 28.7 Å². The summed E-state index contributed by atoms with van der Waals surface area (Å²) in [5, 5.41) is 0. The van der Waals surface area contributed by atoms with Crippen LogP contribution in [0.25, 0.3) is 0 Å². The highest BCUT2D eigenvalue weighted by atomic mass is 79.9. The smallest absolute Gasteiger partial charge is 0.148 e. The van der Waals surface area contributed by atoms with Crippen molar-refractivity contribution < 1.29 is 8.42 Å². The van der Waals surface area contributed by atoms with Gasteiger partial charge in [0.15, 0.2) is 0 Å². The van der Waals surface area contributed by atoms with Crippen LogP contribution < -0.4 is 0 Å². The quantitative estimate of drug-likeness (QED) is 0.795. The molecule has 1 aliphatic rings. The Kier molecular flexibility index (Phi) is 4.69. The molecule has 0 bridgehead atoms. The SMILES string of the molecule is CC(CS(C)(=O)=O)N(Cc1ccc(Br)cc1)C1CC1. The predicted molar refractivity (Wildman–Crippen MR) is 81.9 cm³/mol. The van der Waals surface area contributed by atoms with Crippen LogP contribution in [0.1, 0.15) is 25.3 Å². The Labute approximate surface area is 124 Å². The minimum atomic E-state index is -2.92. The molecular weight excluding hydrogens is 326 g/mol. The van der Waals surface area contributed by atoms with E-state index in [1.165, 1.54) is 24.7 Å². The van der Waals surface area contributed by atoms with Gasteiger partial charge in [-0.15, -0.1) is 0 Å². The van der Waals surface area contributed by atoms with E-state index >= 15 is 0 Å². The van der Waals surface area contributed by atoms with Gasteiger partial charge in [0, 0.05) is 29.4 Å². The van der Waals surface area contributed by atoms with Gasteiger partial charge in [-0.05, 0) is 37.5 Å². The van der Waals surface area contributed by atoms with Crippen LogP contribution in [0, 0.1) is 0 Å². The molecule has 0 amide bonds. The minimum Gasteiger partial charge on any atom is -0.292 e. The molecule has 5 heteroatoms. The summed E-state index contributed by atoms with van der Waals surface area (Å²) < 4.78 is 24.0. The number of nitrogens with zero attached hydrogens (tertiary/aromatic N) is 1. The molecule has 0 radical (unpaired) electrons. The third-order valence-corrected chi connectivity index (χ3v) is 5.02. The summed E-state index contributed by atoms with van der Waals surface area (Å²) in [4.78, 5) is 2.32. The Hall–Kier alpha value is -0.390. The first kappa shape index (κ1) is 15.0. The zero-order valence-electron chi connectivity index (χ0n) is 11.3. The van der Waals surface area contributed by atoms with Gasteiger partial charge in [0.2, 0.25) is 0 Å². The van der Waals surface area contributed by atoms with Crippen molar-refractivity contribution in [2.24, 2.45) is 0 Å². The van der Waals surface area contributed by atoms with E-state index in [0.717, 1.165) is 11.0 Å². The lowest BCUT2D eigenvalue weighted by atomic mass is 10.2. The molecule has 0 spiro atoms. The zero-order valence-corrected chi connectivity index (χ0v) is 13.7. The molecule has 1 unspecified atom stereocenters. The van der Waals surface area contributed by atoms with Crippen LogP contribution >= 0.6 is 15.9 Å². The van der Waals surface area contributed by atoms with E-state index in [1.807, 2.05) is 19.1 Å². The molecule has 2 rings (SSSR count). The summed E-state index contributed by atoms with van der Waals surface area (Å²) in [6.45, 7) is 2.84. The van der Waals surface area contributed by atoms with Crippen LogP contribution in [-0.4, -0.2) is 37.4 Å². The summed E-state index contributed by atoms with van der Waals surface area (Å²) in [6, 6.07) is 8.87. The second-order valence-corrected chi connectivity index (χ2v) is 8.57. The Balaban J connectivity index is 2.06. The second-order valence-electron chi connectivity index (χ2n) is 5.47. The van der Waals surface area contributed by atoms with E-state index in [2.05, 4.69) is 33.0 Å². The Morgan fingerprint density at radius 3 is 2.37 bits per heavy atom. The van der Waals surface area contributed by atoms with E-state index < -0.39 is 9.84 Å². The van der Waals surface area contributed by atoms with Gasteiger partial charge < -0.3 is 0 Å². The maximum atomic E-state index is 11.5. The normalized spacial score (nSPS) is 17.7. The van der Waals surface area contributed by atoms with Gasteiger partial charge in [-0.25, -0.2) is 8.42 Å². The fourth-order valence-corrected chi connectivity index (χ4v) is 3.72. The van der Waals surface area contributed by atoms with Gasteiger partial charge in [-0.1, -0.05) is 28.1 Å². The summed E-state index contributed by atoms with van der Waals surface area (Å²) in [6.07, 6.45) is 3.68. The van der Waals surface area contributed by atoms with E-state index in [9.17, 15) is 8.42 Å². The van der Waals surface area contributed by atoms with E-state index in [4.69, 9.17) is 0 Å². The van der Waals surface area contributed by atoms with Gasteiger partial charge in [-0.2, -0.15) is 0 Å². The highest BCUT2D eigenvalue weighted by molar-refractivity contribution is 9.10. The number of rotatable bonds is 6. The molecule has 0 saturated heterocycles. The first-order chi connectivity index (χ1) is 8.85. The molecule has 1 atom stereocenters. The summed E-state index contributed by atoms with van der Waals surface area (Å²) in [5.41, 5.74) is 1.23. The van der Waals surface area contributed by atoms with E-state index in [-0.39, 0.29) is 11.8 Å². The second kappa shape index (κ2) is 5.94. The maximum Gasteiger partial charge on any atom is 0.148 e. The molecule has 1 aliphatic carbocycles. The lowest BCUT2D eigenvalue weighted by Gasteiger charge is -2.28. The molecule has 1 aromatic carbocycles. The Bertz CT molecular complexity index is 523. The van der Waals surface area contributed by atoms with Crippen molar-refractivity contribution in [1.82, 2.24) is 4.90 Å². The number of sulfone groups is 1. The summed E-state index contributed by atoms with van der Waals surface area (Å²) in [5.74, 6) is 0.236. The highest BCUT2D eigenvalue weighted by Gasteiger charge is 2.33. The van der Waals surface area contributed by atoms with Gasteiger partial charge >= 0.3 is 0 Å². The van der Waals surface area contributed by atoms with Crippen molar-refractivity contribution in [1.29, 1.82) is 0 Å². The van der Waals surface area contributed by atoms with Crippen LogP contribution in [0.4, 0.5) is 0 Å². The van der Waals surface area contributed by atoms with Crippen molar-refractivity contribution in [2.75, 3.05) is 12.0 Å². The third kappa shape index (κ3) is 4.89. The monoisotopic (exact) mass is 345 g/mol. The van der Waals surface area contributed by atoms with Crippen molar-refractivity contribution in [3.05, 3.63) is 34.3 Å². The largest absolute Gasteiger partial charge is 0.292 e. The zero-order chi connectivity index (χ0) is 14.0. The molecule has 106 valence electrons. The van der Waals surface area contributed by atoms with Crippen LogP contribution in [-0.2, 0) is 16.4 Å². The van der Waals surface area contributed by atoms with Crippen LogP contribution in [0.2, 0.25) is 0 Å². The third-order valence-electron chi connectivity index (χ3n) is 3.40. The molecule has 3 nitrogen and oxygen atoms in total. The minimum absolute atomic E-state index is 0.0751. The number of halogens is 1. The van der Waals surface area contributed by atoms with Crippen molar-refractivity contribution in [2.45, 2.75) is 38.4 Å². The number of benzene rings is 1. The molecule has 19 heavy (non-hydrogen) atoms. The van der Waals surface area contributed by atoms with Crippen molar-refractivity contribution in [3.63, 3.8) is 0 Å². The molecule has 0 aromatic heterocycles. The maximum absolute atomic E-state index is 11.5. The fraction of sp³-hybridized carbons (Fsp3) is 0.571. The van der Waals surface area contributed by atoms with E-state index in [1.54, 1.807) is 0 Å². The summed E-state index contributed by atoms with van der Waals surface area (Å²) in [7, 11) is -2.92. The Morgan fingerprint density at radius 1 is 1.32 bits per heavy atom. The Morgan fingerprint density at radius 2 is 1.89 bits per heavy atom. The fourth-order valence-electron chi connectivity index (χ4n) is 2.39. The van der Waals surface area contributed by atoms with Gasteiger partial charge in [0.05, 0.1) is 5.75 Å². The van der Waals surface area contributed by atoms with Crippen LogP contribution in [0.3, 0.4) is 0 Å². The van der Waals surface area contributed by atoms with Gasteiger partial charge in [0.25, 0.3) is 0 Å². The van der Waals surface area contributed by atoms with Gasteiger partial charge in [0.1, 0.15) is 9.84 Å². The predicted octanol–water partition coefficient (Wildman–Crippen LogP) is 2.85. The first-order valence-corrected chi connectivity index (χ1v) is 9.38. The molecule has 1 fully saturated rings. The van der Waals surface area contributed by atoms with E-state index in [0.29, 0.717) is 6.04 Å². The average Bonchev–Trinajstić information content (AvgIpc) is 3.09. The number of hydrogen-bond acceptors (Lipinski definition) is 3. The lowest BCUT2D eigenvalue weighted by Crippen LogP contribution is -2.39. The molecule has 0 N–H and O–H groups in total. The van der Waals surface area contributed by atoms with Crippen molar-refractivity contribution in [3.8, 4) is 0 Å². The molecular formula is C14H20BrNO2S. The lowest BCUT2D eigenvalue weighted by molar-refractivity contribution is 0.204. The number of hydrogen-bond donors (Lipinski definition) is 0. The first-order valence-electron chi connectivity index (χ1n) is 6.53. The standard InChI is InChI=1S/C14H20BrNO2S/c1-11(10-19(2,17)18)16(14-7-8-14)9-12-3-5-13(15)6-4-12/h3-6,11,14H,7-10H2,1-2H3. The topological polar surface area (TPSA) is 37.4 Å². The molecule has 0 heterocycles. The van der Waals surface area contributed by atoms with Crippen molar-refractivity contribution >= 4 is 25.8 Å². The van der Waals surface area contributed by atoms with Crippen LogP contribution in [0.5, 0.6) is 0 Å². The van der Waals surface area contributed by atoms with Gasteiger partial charge in [-0.3, -0.25) is 4.90 Å². The molecule has 1 aromatic rings. The summed E-state index contributed by atoms with van der Waals surface area (Å²) >= 11 is 3.43. The average molecular weight is 346 g/mol. The molecule has 1 saturated carbocycles.